The zero-order valence-electron chi connectivity index (χ0n) is 13.1. The smallest absolute Gasteiger partial charge is 0.261 e. The molecule has 1 aliphatic carbocycles. The first kappa shape index (κ1) is 16.5. The van der Waals surface area contributed by atoms with Crippen LogP contribution in [0.4, 0.5) is 0 Å². The van der Waals surface area contributed by atoms with Crippen molar-refractivity contribution < 1.29 is 14.6 Å². The molecule has 1 aromatic rings. The first-order valence-electron chi connectivity index (χ1n) is 7.51. The average Bonchev–Trinajstić information content (AvgIpc) is 2.82. The Balaban J connectivity index is 2.09. The Morgan fingerprint density at radius 2 is 2.38 bits per heavy atom. The quantitative estimate of drug-likeness (QED) is 0.848. The number of aryl methyl sites for hydroxylation is 1. The maximum atomic E-state index is 12.5. The Morgan fingerprint density at radius 1 is 1.62 bits per heavy atom. The number of fused-ring (bicyclic) bond motifs is 1. The Morgan fingerprint density at radius 3 is 3.05 bits per heavy atom. The van der Waals surface area contributed by atoms with E-state index >= 15 is 0 Å². The van der Waals surface area contributed by atoms with Crippen LogP contribution in [-0.2, 0) is 17.6 Å². The zero-order chi connectivity index (χ0) is 15.5. The third-order valence-corrected chi connectivity index (χ3v) is 5.33. The van der Waals surface area contributed by atoms with Gasteiger partial charge in [-0.15, -0.1) is 11.3 Å². The Hall–Kier alpha value is -0.910. The van der Waals surface area contributed by atoms with E-state index in [2.05, 4.69) is 12.2 Å². The van der Waals surface area contributed by atoms with Crippen LogP contribution in [0.15, 0.2) is 6.07 Å². The molecule has 1 aliphatic rings. The summed E-state index contributed by atoms with van der Waals surface area (Å²) in [5, 5.41) is 12.2. The van der Waals surface area contributed by atoms with Crippen molar-refractivity contribution in [2.24, 2.45) is 5.92 Å². The van der Waals surface area contributed by atoms with E-state index < -0.39 is 5.54 Å². The van der Waals surface area contributed by atoms with Crippen molar-refractivity contribution in [2.45, 2.75) is 45.1 Å². The highest BCUT2D eigenvalue weighted by Crippen LogP contribution is 2.32. The Bertz CT molecular complexity index is 492. The molecule has 1 amide bonds. The number of thiophene rings is 1. The van der Waals surface area contributed by atoms with Crippen molar-refractivity contribution in [3.05, 3.63) is 21.4 Å². The molecule has 21 heavy (non-hydrogen) atoms. The highest BCUT2D eigenvalue weighted by molar-refractivity contribution is 7.14. The summed E-state index contributed by atoms with van der Waals surface area (Å²) in [6.45, 7) is 4.58. The van der Waals surface area contributed by atoms with Crippen LogP contribution in [0.2, 0.25) is 0 Å². The highest BCUT2D eigenvalue weighted by Gasteiger charge is 2.28. The van der Waals surface area contributed by atoms with Gasteiger partial charge in [0.2, 0.25) is 0 Å². The van der Waals surface area contributed by atoms with Gasteiger partial charge in [0.05, 0.1) is 17.0 Å². The molecule has 0 aliphatic heterocycles. The summed E-state index contributed by atoms with van der Waals surface area (Å²) in [5.74, 6) is 0.645. The molecule has 0 saturated heterocycles. The summed E-state index contributed by atoms with van der Waals surface area (Å²) in [7, 11) is 1.60. The van der Waals surface area contributed by atoms with Gasteiger partial charge in [0.1, 0.15) is 0 Å². The number of carbonyl (C=O) groups is 1. The lowest BCUT2D eigenvalue weighted by molar-refractivity contribution is 0.0729. The number of hydrogen-bond acceptors (Lipinski definition) is 4. The lowest BCUT2D eigenvalue weighted by Gasteiger charge is -2.29. The van der Waals surface area contributed by atoms with Crippen LogP contribution in [-0.4, -0.2) is 36.9 Å². The van der Waals surface area contributed by atoms with Crippen LogP contribution in [0.5, 0.6) is 0 Å². The van der Waals surface area contributed by atoms with Gasteiger partial charge in [0.25, 0.3) is 5.91 Å². The number of ether oxygens (including phenoxy) is 1. The normalized spacial score (nSPS) is 20.7. The van der Waals surface area contributed by atoms with Gasteiger partial charge in [0.15, 0.2) is 0 Å². The predicted octanol–water partition coefficient (Wildman–Crippen LogP) is 2.39. The molecule has 0 radical (unpaired) electrons. The van der Waals surface area contributed by atoms with Crippen molar-refractivity contribution in [1.82, 2.24) is 5.32 Å². The van der Waals surface area contributed by atoms with Gasteiger partial charge in [-0.2, -0.15) is 0 Å². The van der Waals surface area contributed by atoms with E-state index in [0.29, 0.717) is 18.9 Å². The molecule has 2 atom stereocenters. The number of amides is 1. The zero-order valence-corrected chi connectivity index (χ0v) is 13.9. The van der Waals surface area contributed by atoms with Crippen LogP contribution in [0.25, 0.3) is 0 Å². The highest BCUT2D eigenvalue weighted by atomic mass is 32.1. The fourth-order valence-electron chi connectivity index (χ4n) is 2.89. The molecule has 118 valence electrons. The van der Waals surface area contributed by atoms with Crippen LogP contribution in [0.1, 0.15) is 46.8 Å². The molecule has 2 rings (SSSR count). The number of carbonyl (C=O) groups excluding carboxylic acids is 1. The van der Waals surface area contributed by atoms with Crippen LogP contribution in [0, 0.1) is 5.92 Å². The van der Waals surface area contributed by atoms with Gasteiger partial charge < -0.3 is 15.2 Å². The molecule has 1 heterocycles. The summed E-state index contributed by atoms with van der Waals surface area (Å²) in [6.07, 6.45) is 3.85. The third-order valence-electron chi connectivity index (χ3n) is 4.09. The molecule has 0 fully saturated rings. The molecule has 0 spiro atoms. The third kappa shape index (κ3) is 4.05. The molecule has 0 aromatic carbocycles. The minimum absolute atomic E-state index is 0.0264. The average molecular weight is 311 g/mol. The molecular formula is C16H25NO3S. The number of rotatable bonds is 6. The first-order valence-corrected chi connectivity index (χ1v) is 8.33. The van der Waals surface area contributed by atoms with Crippen LogP contribution in [0.3, 0.4) is 0 Å². The van der Waals surface area contributed by atoms with E-state index in [4.69, 9.17) is 9.84 Å². The van der Waals surface area contributed by atoms with E-state index in [1.54, 1.807) is 18.4 Å². The van der Waals surface area contributed by atoms with Crippen LogP contribution < -0.4 is 5.32 Å². The second-order valence-corrected chi connectivity index (χ2v) is 7.47. The van der Waals surface area contributed by atoms with E-state index in [1.807, 2.05) is 13.0 Å². The fourth-order valence-corrected chi connectivity index (χ4v) is 3.99. The minimum atomic E-state index is -0.529. The number of methoxy groups -OCH3 is 1. The van der Waals surface area contributed by atoms with Crippen molar-refractivity contribution in [3.63, 3.8) is 0 Å². The van der Waals surface area contributed by atoms with Crippen molar-refractivity contribution >= 4 is 17.2 Å². The molecule has 5 heteroatoms. The van der Waals surface area contributed by atoms with Crippen molar-refractivity contribution in [3.8, 4) is 0 Å². The standard InChI is InChI=1S/C16H25NO3S/c1-11-4-5-13-12(8-11)9-14(21-13)15(19)17-16(2,6-7-18)10-20-3/h9,11,18H,4-8,10H2,1-3H3,(H,17,19). The summed E-state index contributed by atoms with van der Waals surface area (Å²) in [4.78, 5) is 14.6. The summed E-state index contributed by atoms with van der Waals surface area (Å²) >= 11 is 1.61. The number of hydrogen-bond donors (Lipinski definition) is 2. The second kappa shape index (κ2) is 6.90. The molecule has 2 N–H and O–H groups in total. The molecule has 0 saturated carbocycles. The Kier molecular flexibility index (Phi) is 5.41. The van der Waals surface area contributed by atoms with Crippen LogP contribution >= 0.6 is 11.3 Å². The summed E-state index contributed by atoms with van der Waals surface area (Å²) < 4.78 is 5.17. The predicted molar refractivity (Wildman–Crippen MR) is 85.0 cm³/mol. The lowest BCUT2D eigenvalue weighted by Crippen LogP contribution is -2.49. The Labute approximate surface area is 130 Å². The minimum Gasteiger partial charge on any atom is -0.396 e. The van der Waals surface area contributed by atoms with Gasteiger partial charge in [-0.1, -0.05) is 6.92 Å². The summed E-state index contributed by atoms with van der Waals surface area (Å²) in [5.41, 5.74) is 0.803. The largest absolute Gasteiger partial charge is 0.396 e. The molecule has 2 unspecified atom stereocenters. The first-order chi connectivity index (χ1) is 9.97. The van der Waals surface area contributed by atoms with Gasteiger partial charge in [-0.25, -0.2) is 0 Å². The maximum absolute atomic E-state index is 12.5. The molecule has 4 nitrogen and oxygen atoms in total. The van der Waals surface area contributed by atoms with Gasteiger partial charge in [0, 0.05) is 18.6 Å². The van der Waals surface area contributed by atoms with E-state index in [-0.39, 0.29) is 12.5 Å². The van der Waals surface area contributed by atoms with E-state index in [1.165, 1.54) is 16.9 Å². The van der Waals surface area contributed by atoms with Gasteiger partial charge in [-0.05, 0) is 50.2 Å². The molecule has 0 bridgehead atoms. The van der Waals surface area contributed by atoms with E-state index in [9.17, 15) is 4.79 Å². The number of nitrogens with one attached hydrogen (secondary N) is 1. The number of aliphatic hydroxyl groups is 1. The summed E-state index contributed by atoms with van der Waals surface area (Å²) in [6, 6.07) is 2.04. The van der Waals surface area contributed by atoms with Crippen molar-refractivity contribution in [1.29, 1.82) is 0 Å². The SMILES string of the molecule is COCC(C)(CCO)NC(=O)c1cc2c(s1)CCC(C)C2. The number of aliphatic hydroxyl groups excluding tert-OH is 1. The van der Waals surface area contributed by atoms with Gasteiger partial charge in [-0.3, -0.25) is 4.79 Å². The molecule has 1 aromatic heterocycles. The maximum Gasteiger partial charge on any atom is 0.261 e. The topological polar surface area (TPSA) is 58.6 Å². The fraction of sp³-hybridized carbons (Fsp3) is 0.688. The molecular weight excluding hydrogens is 286 g/mol. The van der Waals surface area contributed by atoms with E-state index in [0.717, 1.165) is 17.7 Å². The second-order valence-electron chi connectivity index (χ2n) is 6.33. The monoisotopic (exact) mass is 311 g/mol. The van der Waals surface area contributed by atoms with Crippen molar-refractivity contribution in [2.75, 3.05) is 20.3 Å². The lowest BCUT2D eigenvalue weighted by atomic mass is 9.90. The van der Waals surface area contributed by atoms with Gasteiger partial charge >= 0.3 is 0 Å².